The maximum atomic E-state index is 13.5. The lowest BCUT2D eigenvalue weighted by atomic mass is 10.1. The number of aryl methyl sites for hydroxylation is 1. The van der Waals surface area contributed by atoms with Crippen molar-refractivity contribution in [2.75, 3.05) is 67.4 Å². The Kier molecular flexibility index (Phi) is 14.0. The van der Waals surface area contributed by atoms with Gasteiger partial charge in [0.1, 0.15) is 17.3 Å². The molecule has 302 valence electrons. The largest absolute Gasteiger partial charge is 0.497 e. The molecule has 58 heavy (non-hydrogen) atoms. The Hall–Kier alpha value is -5.78. The molecular weight excluding hydrogens is 849 g/mol. The molecule has 2 aromatic heterocycles. The van der Waals surface area contributed by atoms with E-state index in [9.17, 15) is 9.59 Å². The van der Waals surface area contributed by atoms with Crippen molar-refractivity contribution in [3.05, 3.63) is 114 Å². The molecule has 0 radical (unpaired) electrons. The van der Waals surface area contributed by atoms with Crippen molar-refractivity contribution < 1.29 is 25.2 Å². The van der Waals surface area contributed by atoms with E-state index in [1.165, 1.54) is 0 Å². The van der Waals surface area contributed by atoms with Gasteiger partial charge in [-0.1, -0.05) is 78.4 Å². The lowest BCUT2D eigenvalue weighted by Crippen LogP contribution is -2.41. The van der Waals surface area contributed by atoms with Gasteiger partial charge >= 0.3 is 6.03 Å². The summed E-state index contributed by atoms with van der Waals surface area (Å²) in [5.41, 5.74) is 4.45. The highest BCUT2D eigenvalue weighted by Gasteiger charge is 2.17. The van der Waals surface area contributed by atoms with Gasteiger partial charge in [0.25, 0.3) is 5.91 Å². The number of halogens is 1. The molecule has 14 nitrogen and oxygen atoms in total. The predicted octanol–water partition coefficient (Wildman–Crippen LogP) is 8.55. The van der Waals surface area contributed by atoms with Gasteiger partial charge < -0.3 is 30.2 Å². The number of alkyl halides is 1. The second-order valence-corrected chi connectivity index (χ2v) is 13.7. The number of nitrogens with one attached hydrogen (secondary N) is 4. The van der Waals surface area contributed by atoms with Crippen LogP contribution in [0.15, 0.2) is 97.2 Å². The van der Waals surface area contributed by atoms with E-state index in [-0.39, 0.29) is 17.8 Å². The number of fused-ring (bicyclic) bond motifs is 1. The second-order valence-electron chi connectivity index (χ2n) is 13.7. The number of benzene rings is 4. The van der Waals surface area contributed by atoms with Crippen LogP contribution in [0.3, 0.4) is 0 Å². The van der Waals surface area contributed by atoms with E-state index >= 15 is 0 Å². The number of rotatable bonds is 13. The van der Waals surface area contributed by atoms with Crippen LogP contribution in [0.4, 0.5) is 27.9 Å². The average Bonchev–Trinajstić information content (AvgIpc) is 3.66. The summed E-state index contributed by atoms with van der Waals surface area (Å²) < 4.78 is 25.1. The minimum absolute atomic E-state index is 0.174. The lowest BCUT2D eigenvalue weighted by molar-refractivity contribution is 0.0383. The summed E-state index contributed by atoms with van der Waals surface area (Å²) >= 11 is 1.96. The third-order valence-electron chi connectivity index (χ3n) is 9.29. The van der Waals surface area contributed by atoms with Gasteiger partial charge in [0.15, 0.2) is 0 Å². The number of morpholine rings is 1. The van der Waals surface area contributed by atoms with E-state index in [2.05, 4.69) is 50.0 Å². The van der Waals surface area contributed by atoms with E-state index in [0.29, 0.717) is 64.8 Å². The van der Waals surface area contributed by atoms with Crippen molar-refractivity contribution in [1.82, 2.24) is 30.0 Å². The number of urea groups is 1. The van der Waals surface area contributed by atoms with Crippen LogP contribution in [0.5, 0.6) is 17.4 Å². The SMILES string of the molecule is COc1cc(Nc2nccc(Oc3ccc(NC(=O)Nc4cc(C(C)C)nn4-c4ccc(C)cc4)c4ccccc34)n2)cc(C(=O)NCCN2CCOCC2)c1.[2H]CI. The fraction of sp³-hybridized carbons (Fsp3) is 0.279. The molecule has 0 atom stereocenters. The van der Waals surface area contributed by atoms with Gasteiger partial charge in [0, 0.05) is 74.0 Å². The number of anilines is 4. The topological polar surface area (TPSA) is 157 Å². The van der Waals surface area contributed by atoms with Crippen LogP contribution >= 0.6 is 22.6 Å². The average molecular weight is 899 g/mol. The third kappa shape index (κ3) is 10.8. The molecule has 3 heterocycles. The molecule has 0 saturated carbocycles. The molecule has 1 fully saturated rings. The summed E-state index contributed by atoms with van der Waals surface area (Å²) in [6.07, 6.45) is 1.58. The quantitative estimate of drug-likeness (QED) is 0.0655. The third-order valence-corrected chi connectivity index (χ3v) is 9.29. The lowest BCUT2D eigenvalue weighted by Gasteiger charge is -2.26. The van der Waals surface area contributed by atoms with Gasteiger partial charge in [0.2, 0.25) is 11.8 Å². The van der Waals surface area contributed by atoms with Crippen LogP contribution in [0.25, 0.3) is 16.5 Å². The van der Waals surface area contributed by atoms with E-state index in [4.69, 9.17) is 20.7 Å². The standard InChI is InChI=1S/C42H45N9O5.CH3I/c1-27(2)36-26-38(51(49-36)31-11-9-28(3)10-12-31)47-42(53)46-35-13-14-37(34-8-6-5-7-33(34)35)56-39-15-16-44-41(48-39)45-30-23-29(24-32(25-30)54-4)40(52)43-17-18-50-19-21-55-22-20-50;1-2/h5-16,23-27H,17-22H2,1-4H3,(H,43,52)(H,44,45,48)(H2,46,47,53);1H3/i;1D. The minimum atomic E-state index is -0.412. The Balaban J connectivity index is 0.00000189. The highest BCUT2D eigenvalue weighted by Crippen LogP contribution is 2.35. The summed E-state index contributed by atoms with van der Waals surface area (Å²) in [6.45, 7) is 10.5. The number of hydrogen-bond acceptors (Lipinski definition) is 10. The molecule has 1 aliphatic heterocycles. The van der Waals surface area contributed by atoms with Gasteiger partial charge in [-0.25, -0.2) is 14.5 Å². The summed E-state index contributed by atoms with van der Waals surface area (Å²) in [4.78, 5) is 38.2. The summed E-state index contributed by atoms with van der Waals surface area (Å²) in [7, 11) is 1.55. The Morgan fingerprint density at radius 2 is 1.72 bits per heavy atom. The number of hydrogen-bond donors (Lipinski definition) is 4. The maximum absolute atomic E-state index is 13.5. The Morgan fingerprint density at radius 3 is 2.47 bits per heavy atom. The van der Waals surface area contributed by atoms with Crippen LogP contribution < -0.4 is 30.7 Å². The molecule has 15 heteroatoms. The van der Waals surface area contributed by atoms with Crippen molar-refractivity contribution in [2.45, 2.75) is 26.7 Å². The highest BCUT2D eigenvalue weighted by atomic mass is 127. The number of nitrogens with zero attached hydrogens (tertiary/aromatic N) is 5. The molecule has 0 spiro atoms. The zero-order chi connectivity index (χ0) is 41.7. The first kappa shape index (κ1) is 40.4. The predicted molar refractivity (Wildman–Crippen MR) is 237 cm³/mol. The number of amides is 3. The molecule has 0 unspecified atom stereocenters. The first-order valence-electron chi connectivity index (χ1n) is 19.5. The van der Waals surface area contributed by atoms with Crippen LogP contribution in [0.1, 0.15) is 42.8 Å². The monoisotopic (exact) mass is 898 g/mol. The van der Waals surface area contributed by atoms with Crippen molar-refractivity contribution in [2.24, 2.45) is 0 Å². The summed E-state index contributed by atoms with van der Waals surface area (Å²) in [6, 6.07) is 27.5. The Labute approximate surface area is 353 Å². The zero-order valence-corrected chi connectivity index (χ0v) is 35.1. The van der Waals surface area contributed by atoms with Crippen molar-refractivity contribution in [3.63, 3.8) is 0 Å². The van der Waals surface area contributed by atoms with E-state index in [0.717, 1.165) is 47.4 Å². The van der Waals surface area contributed by atoms with E-state index in [1.54, 1.807) is 54.4 Å². The molecule has 0 aliphatic carbocycles. The first-order valence-corrected chi connectivity index (χ1v) is 20.3. The molecule has 7 rings (SSSR count). The number of ether oxygens (including phenoxy) is 3. The number of aromatic nitrogens is 4. The number of carbonyl (C=O) groups is 2. The normalized spacial score (nSPS) is 12.9. The number of methoxy groups -OCH3 is 1. The fourth-order valence-electron chi connectivity index (χ4n) is 6.27. The van der Waals surface area contributed by atoms with Crippen LogP contribution in [0, 0.1) is 6.92 Å². The van der Waals surface area contributed by atoms with Crippen molar-refractivity contribution in [1.29, 1.82) is 0 Å². The van der Waals surface area contributed by atoms with E-state index < -0.39 is 6.03 Å². The Morgan fingerprint density at radius 1 is 0.966 bits per heavy atom. The van der Waals surface area contributed by atoms with Gasteiger partial charge in [0.05, 0.1) is 37.4 Å². The highest BCUT2D eigenvalue weighted by molar-refractivity contribution is 14.1. The molecule has 1 saturated heterocycles. The zero-order valence-electron chi connectivity index (χ0n) is 33.9. The van der Waals surface area contributed by atoms with Crippen molar-refractivity contribution >= 4 is 68.4 Å². The maximum Gasteiger partial charge on any atom is 0.324 e. The van der Waals surface area contributed by atoms with Gasteiger partial charge in [-0.3, -0.25) is 15.0 Å². The summed E-state index contributed by atoms with van der Waals surface area (Å²) in [5.74, 6) is 2.11. The van der Waals surface area contributed by atoms with Crippen LogP contribution in [-0.2, 0) is 4.74 Å². The molecular formula is C43H48IN9O5. The van der Waals surface area contributed by atoms with Gasteiger partial charge in [-0.2, -0.15) is 10.1 Å². The molecule has 3 amide bonds. The van der Waals surface area contributed by atoms with E-state index in [1.807, 2.05) is 84.1 Å². The van der Waals surface area contributed by atoms with Gasteiger partial charge in [-0.15, -0.1) is 0 Å². The van der Waals surface area contributed by atoms with Gasteiger partial charge in [-0.05, 0) is 54.1 Å². The molecule has 4 N–H and O–H groups in total. The minimum Gasteiger partial charge on any atom is -0.497 e. The van der Waals surface area contributed by atoms with Crippen molar-refractivity contribution in [3.8, 4) is 23.1 Å². The number of carbonyl (C=O) groups excluding carboxylic acids is 2. The first-order chi connectivity index (χ1) is 28.6. The van der Waals surface area contributed by atoms with Crippen LogP contribution in [0.2, 0.25) is 0 Å². The molecule has 4 aromatic carbocycles. The van der Waals surface area contributed by atoms with Crippen LogP contribution in [-0.4, -0.2) is 88.0 Å². The summed E-state index contributed by atoms with van der Waals surface area (Å²) in [5, 5.41) is 18.5. The Bertz CT molecular complexity index is 2350. The molecule has 0 bridgehead atoms. The molecule has 1 aliphatic rings. The molecule has 6 aromatic rings. The fourth-order valence-corrected chi connectivity index (χ4v) is 6.27. The smallest absolute Gasteiger partial charge is 0.324 e. The second kappa shape index (κ2) is 20.1.